The van der Waals surface area contributed by atoms with Gasteiger partial charge in [-0.05, 0) is 43.4 Å². The number of fused-ring (bicyclic) bond motifs is 1. The Morgan fingerprint density at radius 2 is 1.93 bits per heavy atom. The fourth-order valence-electron chi connectivity index (χ4n) is 3.02. The first-order valence-corrected chi connectivity index (χ1v) is 9.20. The molecular weight excluding hydrogens is 381 g/mol. The summed E-state index contributed by atoms with van der Waals surface area (Å²) in [5.74, 6) is -1.16. The van der Waals surface area contributed by atoms with E-state index in [9.17, 15) is 22.8 Å². The van der Waals surface area contributed by atoms with Gasteiger partial charge < -0.3 is 10.1 Å². The Bertz CT molecular complexity index is 860. The van der Waals surface area contributed by atoms with E-state index in [0.29, 0.717) is 10.6 Å². The number of carbonyl (C=O) groups is 2. The maximum atomic E-state index is 12.6. The summed E-state index contributed by atoms with van der Waals surface area (Å²) < 4.78 is 42.7. The minimum Gasteiger partial charge on any atom is -0.465 e. The molecule has 0 unspecified atom stereocenters. The molecule has 0 aromatic carbocycles. The lowest BCUT2D eigenvalue weighted by atomic mass is 10.1. The highest BCUT2D eigenvalue weighted by Gasteiger charge is 2.32. The number of amides is 1. The quantitative estimate of drug-likeness (QED) is 0.612. The highest BCUT2D eigenvalue weighted by molar-refractivity contribution is 7.17. The molecule has 3 rings (SSSR count). The highest BCUT2D eigenvalue weighted by atomic mass is 32.1. The third-order valence-electron chi connectivity index (χ3n) is 4.35. The first-order chi connectivity index (χ1) is 12.8. The van der Waals surface area contributed by atoms with Crippen LogP contribution in [-0.2, 0) is 23.8 Å². The second kappa shape index (κ2) is 7.67. The number of aromatic nitrogens is 1. The molecule has 2 aromatic heterocycles. The number of hydrogen-bond acceptors (Lipinski definition) is 5. The number of aryl methyl sites for hydroxylation is 1. The first kappa shape index (κ1) is 19.3. The Hall–Kier alpha value is -2.42. The number of thiophene rings is 1. The molecule has 0 saturated carbocycles. The molecule has 0 fully saturated rings. The SMILES string of the molecule is COC(=O)c1c(NC(=O)c2ccc(C(F)(F)F)nc2)sc2c1CCCCC2. The second-order valence-electron chi connectivity index (χ2n) is 6.14. The zero-order valence-corrected chi connectivity index (χ0v) is 15.3. The Balaban J connectivity index is 1.88. The van der Waals surface area contributed by atoms with Crippen molar-refractivity contribution in [3.05, 3.63) is 45.6 Å². The zero-order valence-electron chi connectivity index (χ0n) is 14.5. The molecule has 0 atom stereocenters. The number of alkyl halides is 3. The average molecular weight is 398 g/mol. The number of halogens is 3. The number of rotatable bonds is 3. The number of anilines is 1. The van der Waals surface area contributed by atoms with E-state index in [1.165, 1.54) is 18.4 Å². The number of nitrogens with zero attached hydrogens (tertiary/aromatic N) is 1. The van der Waals surface area contributed by atoms with Crippen LogP contribution in [0.15, 0.2) is 18.3 Å². The summed E-state index contributed by atoms with van der Waals surface area (Å²) in [7, 11) is 1.27. The molecule has 1 N–H and O–H groups in total. The van der Waals surface area contributed by atoms with E-state index in [1.807, 2.05) is 0 Å². The predicted molar refractivity (Wildman–Crippen MR) is 94.1 cm³/mol. The lowest BCUT2D eigenvalue weighted by molar-refractivity contribution is -0.141. The van der Waals surface area contributed by atoms with E-state index < -0.39 is 23.7 Å². The van der Waals surface area contributed by atoms with Crippen LogP contribution >= 0.6 is 11.3 Å². The largest absolute Gasteiger partial charge is 0.465 e. The summed E-state index contributed by atoms with van der Waals surface area (Å²) in [6, 6.07) is 1.81. The van der Waals surface area contributed by atoms with Crippen LogP contribution in [0, 0.1) is 0 Å². The normalized spacial score (nSPS) is 14.2. The molecule has 27 heavy (non-hydrogen) atoms. The van der Waals surface area contributed by atoms with Crippen LogP contribution in [0.1, 0.15) is 56.1 Å². The number of pyridine rings is 1. The van der Waals surface area contributed by atoms with Gasteiger partial charge in [-0.3, -0.25) is 9.78 Å². The van der Waals surface area contributed by atoms with Crippen molar-refractivity contribution in [2.75, 3.05) is 12.4 Å². The third kappa shape index (κ3) is 4.13. The third-order valence-corrected chi connectivity index (χ3v) is 5.56. The van der Waals surface area contributed by atoms with Crippen molar-refractivity contribution in [1.82, 2.24) is 4.98 Å². The topological polar surface area (TPSA) is 68.3 Å². The molecule has 0 bridgehead atoms. The minimum absolute atomic E-state index is 0.0255. The van der Waals surface area contributed by atoms with Gasteiger partial charge in [-0.25, -0.2) is 4.79 Å². The average Bonchev–Trinajstić information content (AvgIpc) is 2.81. The summed E-state index contributed by atoms with van der Waals surface area (Å²) in [5, 5.41) is 3.00. The van der Waals surface area contributed by atoms with Gasteiger partial charge in [0.15, 0.2) is 0 Å². The van der Waals surface area contributed by atoms with E-state index in [2.05, 4.69) is 10.3 Å². The summed E-state index contributed by atoms with van der Waals surface area (Å²) in [6.45, 7) is 0. The van der Waals surface area contributed by atoms with Gasteiger partial charge in [0.1, 0.15) is 10.7 Å². The zero-order chi connectivity index (χ0) is 19.6. The molecule has 144 valence electrons. The summed E-state index contributed by atoms with van der Waals surface area (Å²) in [5.41, 5.74) is 0.136. The smallest absolute Gasteiger partial charge is 0.433 e. The highest BCUT2D eigenvalue weighted by Crippen LogP contribution is 2.38. The summed E-state index contributed by atoms with van der Waals surface area (Å²) in [4.78, 5) is 29.0. The second-order valence-corrected chi connectivity index (χ2v) is 7.25. The van der Waals surface area contributed by atoms with E-state index >= 15 is 0 Å². The van der Waals surface area contributed by atoms with Crippen molar-refractivity contribution in [2.45, 2.75) is 38.3 Å². The summed E-state index contributed by atoms with van der Waals surface area (Å²) in [6.07, 6.45) is 0.873. The molecule has 0 saturated heterocycles. The Kier molecular flexibility index (Phi) is 5.50. The van der Waals surface area contributed by atoms with Crippen LogP contribution in [0.5, 0.6) is 0 Å². The van der Waals surface area contributed by atoms with Crippen molar-refractivity contribution < 1.29 is 27.5 Å². The van der Waals surface area contributed by atoms with Crippen LogP contribution in [0.2, 0.25) is 0 Å². The van der Waals surface area contributed by atoms with Crippen molar-refractivity contribution >= 4 is 28.2 Å². The van der Waals surface area contributed by atoms with Gasteiger partial charge in [-0.1, -0.05) is 6.42 Å². The van der Waals surface area contributed by atoms with Crippen LogP contribution in [0.3, 0.4) is 0 Å². The number of ether oxygens (including phenoxy) is 1. The van der Waals surface area contributed by atoms with Crippen molar-refractivity contribution in [2.24, 2.45) is 0 Å². The molecule has 2 heterocycles. The van der Waals surface area contributed by atoms with Crippen LogP contribution < -0.4 is 5.32 Å². The van der Waals surface area contributed by atoms with Gasteiger partial charge >= 0.3 is 12.1 Å². The predicted octanol–water partition coefficient (Wildman–Crippen LogP) is 4.47. The lowest BCUT2D eigenvalue weighted by Crippen LogP contribution is -2.16. The van der Waals surface area contributed by atoms with E-state index in [-0.39, 0.29) is 5.56 Å². The van der Waals surface area contributed by atoms with Crippen molar-refractivity contribution in [1.29, 1.82) is 0 Å². The molecule has 0 aliphatic heterocycles. The minimum atomic E-state index is -4.57. The molecule has 1 amide bonds. The number of methoxy groups -OCH3 is 1. The molecule has 0 radical (unpaired) electrons. The first-order valence-electron chi connectivity index (χ1n) is 8.38. The van der Waals surface area contributed by atoms with Gasteiger partial charge in [0.05, 0.1) is 18.2 Å². The van der Waals surface area contributed by atoms with Gasteiger partial charge in [-0.2, -0.15) is 13.2 Å². The van der Waals surface area contributed by atoms with Gasteiger partial charge in [0.2, 0.25) is 0 Å². The van der Waals surface area contributed by atoms with Crippen molar-refractivity contribution in [3.63, 3.8) is 0 Å². The fourth-order valence-corrected chi connectivity index (χ4v) is 4.29. The lowest BCUT2D eigenvalue weighted by Gasteiger charge is -2.08. The van der Waals surface area contributed by atoms with Crippen LogP contribution in [0.25, 0.3) is 0 Å². The van der Waals surface area contributed by atoms with Gasteiger partial charge in [0.25, 0.3) is 5.91 Å². The van der Waals surface area contributed by atoms with Crippen molar-refractivity contribution in [3.8, 4) is 0 Å². The Morgan fingerprint density at radius 1 is 1.19 bits per heavy atom. The standard InChI is InChI=1S/C18H17F3N2O3S/c1-26-17(25)14-11-5-3-2-4-6-12(11)27-16(14)23-15(24)10-7-8-13(22-9-10)18(19,20)21/h7-9H,2-6H2,1H3,(H,23,24). The number of esters is 1. The molecule has 0 spiro atoms. The van der Waals surface area contributed by atoms with Crippen LogP contribution in [-0.4, -0.2) is 24.0 Å². The molecule has 2 aromatic rings. The number of hydrogen-bond donors (Lipinski definition) is 1. The molecule has 9 heteroatoms. The Labute approximate surface area is 157 Å². The maximum absolute atomic E-state index is 12.6. The monoisotopic (exact) mass is 398 g/mol. The van der Waals surface area contributed by atoms with Crippen LogP contribution in [0.4, 0.5) is 18.2 Å². The molecule has 1 aliphatic carbocycles. The van der Waals surface area contributed by atoms with Gasteiger partial charge in [0, 0.05) is 11.1 Å². The maximum Gasteiger partial charge on any atom is 0.433 e. The molecule has 1 aliphatic rings. The molecule has 5 nitrogen and oxygen atoms in total. The Morgan fingerprint density at radius 3 is 2.56 bits per heavy atom. The van der Waals surface area contributed by atoms with E-state index in [1.54, 1.807) is 0 Å². The summed E-state index contributed by atoms with van der Waals surface area (Å²) >= 11 is 1.32. The van der Waals surface area contributed by atoms with E-state index in [0.717, 1.165) is 60.9 Å². The number of carbonyl (C=O) groups excluding carboxylic acids is 2. The fraction of sp³-hybridized carbons (Fsp3) is 0.389. The molecular formula is C18H17F3N2O3S. The van der Waals surface area contributed by atoms with E-state index in [4.69, 9.17) is 4.74 Å². The number of nitrogens with one attached hydrogen (secondary N) is 1. The van der Waals surface area contributed by atoms with Gasteiger partial charge in [-0.15, -0.1) is 11.3 Å².